The summed E-state index contributed by atoms with van der Waals surface area (Å²) < 4.78 is 1.86. The van der Waals surface area contributed by atoms with Gasteiger partial charge in [-0.3, -0.25) is 4.68 Å². The second-order valence-electron chi connectivity index (χ2n) is 10.0. The molecule has 0 aromatic carbocycles. The predicted molar refractivity (Wildman–Crippen MR) is 113 cm³/mol. The summed E-state index contributed by atoms with van der Waals surface area (Å²) in [6, 6.07) is 4.63. The molecule has 1 saturated carbocycles. The van der Waals surface area contributed by atoms with E-state index < -0.39 is 0 Å². The number of hydrogen-bond acceptors (Lipinski definition) is 5. The van der Waals surface area contributed by atoms with E-state index in [9.17, 15) is 0 Å². The van der Waals surface area contributed by atoms with Gasteiger partial charge in [0.05, 0.1) is 11.9 Å². The van der Waals surface area contributed by atoms with E-state index in [4.69, 9.17) is 0 Å². The molecule has 2 aliphatic rings. The fourth-order valence-corrected chi connectivity index (χ4v) is 4.85. The Morgan fingerprint density at radius 3 is 2.36 bits per heavy atom. The van der Waals surface area contributed by atoms with Crippen LogP contribution in [-0.2, 0) is 7.05 Å². The van der Waals surface area contributed by atoms with Crippen molar-refractivity contribution in [3.05, 3.63) is 23.9 Å². The normalized spacial score (nSPS) is 25.2. The van der Waals surface area contributed by atoms with Gasteiger partial charge in [0.1, 0.15) is 11.5 Å². The van der Waals surface area contributed by atoms with E-state index in [1.165, 1.54) is 38.9 Å². The number of aryl methyl sites for hydroxylation is 2. The van der Waals surface area contributed by atoms with Crippen molar-refractivity contribution in [3.8, 4) is 11.4 Å². The molecular weight excluding hydrogens is 348 g/mol. The minimum absolute atomic E-state index is 0.431. The molecular formula is C22H34N6. The number of rotatable bonds is 5. The molecule has 28 heavy (non-hydrogen) atoms. The van der Waals surface area contributed by atoms with Gasteiger partial charge in [-0.1, -0.05) is 20.8 Å². The zero-order valence-electron chi connectivity index (χ0n) is 17.9. The van der Waals surface area contributed by atoms with Crippen LogP contribution in [0.1, 0.15) is 45.6 Å². The number of likely N-dealkylation sites (tertiary alicyclic amines) is 1. The second kappa shape index (κ2) is 7.47. The summed E-state index contributed by atoms with van der Waals surface area (Å²) in [6.45, 7) is 12.9. The molecule has 2 fully saturated rings. The van der Waals surface area contributed by atoms with Crippen LogP contribution < -0.4 is 5.32 Å². The van der Waals surface area contributed by atoms with Crippen molar-refractivity contribution >= 4 is 5.82 Å². The minimum atomic E-state index is 0.431. The van der Waals surface area contributed by atoms with Crippen molar-refractivity contribution in [3.63, 3.8) is 0 Å². The van der Waals surface area contributed by atoms with E-state index in [2.05, 4.69) is 59.3 Å². The predicted octanol–water partition coefficient (Wildman–Crippen LogP) is 3.74. The minimum Gasteiger partial charge on any atom is -0.366 e. The first kappa shape index (κ1) is 19.4. The first-order chi connectivity index (χ1) is 13.3. The molecule has 1 saturated heterocycles. The van der Waals surface area contributed by atoms with E-state index in [0.29, 0.717) is 11.5 Å². The number of anilines is 1. The largest absolute Gasteiger partial charge is 0.366 e. The van der Waals surface area contributed by atoms with Gasteiger partial charge in [0.15, 0.2) is 0 Å². The molecule has 6 nitrogen and oxygen atoms in total. The Morgan fingerprint density at radius 1 is 1.11 bits per heavy atom. The first-order valence-electron chi connectivity index (χ1n) is 10.6. The molecule has 1 N–H and O–H groups in total. The van der Waals surface area contributed by atoms with Gasteiger partial charge in [0.2, 0.25) is 0 Å². The highest BCUT2D eigenvalue weighted by Gasteiger charge is 2.40. The molecule has 1 aliphatic heterocycles. The molecule has 2 aromatic heterocycles. The van der Waals surface area contributed by atoms with Crippen molar-refractivity contribution in [2.75, 3.05) is 25.0 Å². The molecule has 1 aliphatic carbocycles. The molecule has 0 amide bonds. The molecule has 3 heterocycles. The molecule has 152 valence electrons. The van der Waals surface area contributed by atoms with Gasteiger partial charge in [-0.15, -0.1) is 10.2 Å². The van der Waals surface area contributed by atoms with Crippen LogP contribution in [-0.4, -0.2) is 50.6 Å². The zero-order chi connectivity index (χ0) is 19.9. The van der Waals surface area contributed by atoms with Crippen molar-refractivity contribution in [1.29, 1.82) is 0 Å². The summed E-state index contributed by atoms with van der Waals surface area (Å²) in [5, 5.41) is 16.8. The van der Waals surface area contributed by atoms with Gasteiger partial charge in [-0.2, -0.15) is 5.10 Å². The third kappa shape index (κ3) is 4.22. The highest BCUT2D eigenvalue weighted by atomic mass is 15.3. The van der Waals surface area contributed by atoms with Gasteiger partial charge in [-0.05, 0) is 67.7 Å². The lowest BCUT2D eigenvalue weighted by molar-refractivity contribution is 0.250. The fourth-order valence-electron chi connectivity index (χ4n) is 4.85. The number of fused-ring (bicyclic) bond motifs is 1. The van der Waals surface area contributed by atoms with E-state index in [1.54, 1.807) is 0 Å². The van der Waals surface area contributed by atoms with E-state index >= 15 is 0 Å². The number of nitrogens with one attached hydrogen (secondary N) is 1. The topological polar surface area (TPSA) is 58.9 Å². The molecule has 6 heteroatoms. The van der Waals surface area contributed by atoms with Crippen LogP contribution in [0, 0.1) is 24.2 Å². The van der Waals surface area contributed by atoms with Crippen molar-refractivity contribution in [2.24, 2.45) is 24.3 Å². The third-order valence-corrected chi connectivity index (χ3v) is 6.39. The molecule has 4 rings (SSSR count). The van der Waals surface area contributed by atoms with Gasteiger partial charge < -0.3 is 10.2 Å². The maximum atomic E-state index is 4.43. The summed E-state index contributed by atoms with van der Waals surface area (Å²) >= 11 is 0. The number of aromatic nitrogens is 4. The number of hydrogen-bond donors (Lipinski definition) is 1. The van der Waals surface area contributed by atoms with Crippen LogP contribution in [0.2, 0.25) is 0 Å². The Balaban J connectivity index is 1.30. The third-order valence-electron chi connectivity index (χ3n) is 6.39. The smallest absolute Gasteiger partial charge is 0.148 e. The first-order valence-corrected chi connectivity index (χ1v) is 10.6. The molecule has 3 atom stereocenters. The summed E-state index contributed by atoms with van der Waals surface area (Å²) in [4.78, 5) is 2.68. The second-order valence-corrected chi connectivity index (χ2v) is 10.0. The van der Waals surface area contributed by atoms with Crippen LogP contribution >= 0.6 is 0 Å². The highest BCUT2D eigenvalue weighted by Crippen LogP contribution is 2.39. The van der Waals surface area contributed by atoms with Crippen molar-refractivity contribution in [2.45, 2.75) is 53.0 Å². The quantitative estimate of drug-likeness (QED) is 0.853. The Bertz CT molecular complexity index is 770. The average molecular weight is 383 g/mol. The summed E-state index contributed by atoms with van der Waals surface area (Å²) in [7, 11) is 1.94. The lowest BCUT2D eigenvalue weighted by Crippen LogP contribution is -2.28. The van der Waals surface area contributed by atoms with Crippen LogP contribution in [0.5, 0.6) is 0 Å². The summed E-state index contributed by atoms with van der Waals surface area (Å²) in [5.74, 6) is 2.56. The maximum absolute atomic E-state index is 4.43. The standard InChI is InChI=1S/C22H34N6/c1-15-12-23-27(5)21(15)19-6-7-20(26-25-19)24-18-10-16-13-28(14-17(16)11-18)9-8-22(2,3)4/h6-7,12,16-18H,8-11,13-14H2,1-5H3,(H,24,26)/t16-,17+,18+. The fraction of sp³-hybridized carbons (Fsp3) is 0.682. The van der Waals surface area contributed by atoms with Crippen LogP contribution in [0.3, 0.4) is 0 Å². The molecule has 2 aromatic rings. The van der Waals surface area contributed by atoms with Gasteiger partial charge >= 0.3 is 0 Å². The average Bonchev–Trinajstić information content (AvgIpc) is 3.27. The molecule has 0 bridgehead atoms. The maximum Gasteiger partial charge on any atom is 0.148 e. The summed E-state index contributed by atoms with van der Waals surface area (Å²) in [5.41, 5.74) is 3.46. The molecule has 0 radical (unpaired) electrons. The van der Waals surface area contributed by atoms with Gasteiger partial charge in [-0.25, -0.2) is 0 Å². The van der Waals surface area contributed by atoms with Crippen LogP contribution in [0.25, 0.3) is 11.4 Å². The lowest BCUT2D eigenvalue weighted by atomic mass is 9.92. The van der Waals surface area contributed by atoms with Gasteiger partial charge in [0.25, 0.3) is 0 Å². The highest BCUT2D eigenvalue weighted by molar-refractivity contribution is 5.59. The van der Waals surface area contributed by atoms with Gasteiger partial charge in [0, 0.05) is 26.2 Å². The lowest BCUT2D eigenvalue weighted by Gasteiger charge is -2.24. The zero-order valence-corrected chi connectivity index (χ0v) is 17.9. The van der Waals surface area contributed by atoms with E-state index in [-0.39, 0.29) is 0 Å². The van der Waals surface area contributed by atoms with Crippen molar-refractivity contribution in [1.82, 2.24) is 24.9 Å². The van der Waals surface area contributed by atoms with Crippen LogP contribution in [0.15, 0.2) is 18.3 Å². The monoisotopic (exact) mass is 382 g/mol. The Hall–Kier alpha value is -1.95. The molecule has 0 spiro atoms. The summed E-state index contributed by atoms with van der Waals surface area (Å²) in [6.07, 6.45) is 5.65. The Labute approximate surface area is 168 Å². The molecule has 0 unspecified atom stereocenters. The SMILES string of the molecule is Cc1cnn(C)c1-c1ccc(N[C@H]2C[C@@H]3CN(CCC(C)(C)C)C[C@@H]3C2)nn1. The van der Waals surface area contributed by atoms with Crippen LogP contribution in [0.4, 0.5) is 5.82 Å². The Morgan fingerprint density at radius 2 is 1.82 bits per heavy atom. The van der Waals surface area contributed by atoms with E-state index in [1.807, 2.05) is 24.0 Å². The number of nitrogens with zero attached hydrogens (tertiary/aromatic N) is 5. The van der Waals surface area contributed by atoms with E-state index in [0.717, 1.165) is 34.6 Å². The van der Waals surface area contributed by atoms with Crippen molar-refractivity contribution < 1.29 is 0 Å². The Kier molecular flexibility index (Phi) is 5.17.